The molecule has 1 aromatic heterocycles. The largest absolute Gasteiger partial charge is 0.330 e. The van der Waals surface area contributed by atoms with Gasteiger partial charge in [0, 0.05) is 56.6 Å². The molecule has 6 saturated carbocycles. The van der Waals surface area contributed by atoms with E-state index in [4.69, 9.17) is 4.18 Å². The highest BCUT2D eigenvalue weighted by Gasteiger charge is 2.73. The van der Waals surface area contributed by atoms with Gasteiger partial charge in [0.05, 0.1) is 58.8 Å². The number of aliphatic imine (C=N–C) groups is 1. The minimum absolute atomic E-state index is 0.0247. The van der Waals surface area contributed by atoms with Crippen LogP contribution < -0.4 is 0 Å². The zero-order valence-corrected chi connectivity index (χ0v) is 36.2. The average molecular weight is 908 g/mol. The van der Waals surface area contributed by atoms with Crippen LogP contribution in [0.2, 0.25) is 0 Å². The molecule has 336 valence electrons. The quantitative estimate of drug-likeness (QED) is 0.107. The molecule has 12 nitrogen and oxygen atoms in total. The molecule has 2 amide bonds. The third kappa shape index (κ3) is 7.96. The first-order chi connectivity index (χ1) is 31.1. The Bertz CT molecular complexity index is 2880. The van der Waals surface area contributed by atoms with Gasteiger partial charge >= 0.3 is 0 Å². The number of carbonyl (C=O) groups is 2. The Balaban J connectivity index is 0.000000129. The third-order valence-electron chi connectivity index (χ3n) is 13.9. The molecule has 17 heteroatoms. The number of para-hydroxylation sites is 3. The van der Waals surface area contributed by atoms with Crippen molar-refractivity contribution in [1.82, 2.24) is 19.6 Å². The summed E-state index contributed by atoms with van der Waals surface area (Å²) in [7, 11) is -3.51. The van der Waals surface area contributed by atoms with Gasteiger partial charge in [-0.1, -0.05) is 30.3 Å². The summed E-state index contributed by atoms with van der Waals surface area (Å²) >= 11 is 0. The molecular weight excluding hydrogens is 863 g/mol. The number of aromatic nitrogens is 2. The van der Waals surface area contributed by atoms with Crippen LogP contribution in [0.4, 0.5) is 23.2 Å². The van der Waals surface area contributed by atoms with E-state index in [0.717, 1.165) is 67.3 Å². The first-order valence-electron chi connectivity index (χ1n) is 21.5. The topological polar surface area (TPSA) is 139 Å². The van der Waals surface area contributed by atoms with Gasteiger partial charge in [-0.2, -0.15) is 18.6 Å². The first kappa shape index (κ1) is 42.9. The molecule has 0 saturated heterocycles. The number of benzene rings is 4. The average Bonchev–Trinajstić information content (AvgIpc) is 4.04. The van der Waals surface area contributed by atoms with Crippen molar-refractivity contribution in [2.24, 2.45) is 36.9 Å². The molecule has 5 aromatic rings. The van der Waals surface area contributed by atoms with Gasteiger partial charge in [0.15, 0.2) is 0 Å². The number of hydrazone groups is 2. The van der Waals surface area contributed by atoms with E-state index < -0.39 is 50.9 Å². The van der Waals surface area contributed by atoms with Crippen molar-refractivity contribution in [2.45, 2.75) is 76.4 Å². The molecule has 0 radical (unpaired) electrons. The van der Waals surface area contributed by atoms with Crippen molar-refractivity contribution in [2.75, 3.05) is 12.9 Å². The minimum Gasteiger partial charge on any atom is -0.330 e. The standard InChI is InChI=1S/C23H20F2N4O.C17H18F2N2O4S.C8H7N/c24-16-7-15(8-17(25)9-16)19-5-6-27-29(19)21(30)23-10-22(11-23,12-23)13-28-14-26-18-3-1-2-4-20(18)28;1-26(23,24)25-10-16-7-17(8-16,9-16)15(22)21-14(2-3-20-21)11-4-12(18)6-13(19)5-11;1-2-4-8-7(3-1)5-6-9-8/h1-4,6-9,14,19H,5,10-13H2;3-6,14H,2,7-10H2,1H3;1-4,6H,5H2. The van der Waals surface area contributed by atoms with E-state index in [2.05, 4.69) is 36.9 Å². The van der Waals surface area contributed by atoms with Crippen LogP contribution in [0.15, 0.2) is 106 Å². The molecule has 65 heavy (non-hydrogen) atoms. The smallest absolute Gasteiger partial charge is 0.264 e. The fourth-order valence-corrected chi connectivity index (χ4v) is 11.8. The summed E-state index contributed by atoms with van der Waals surface area (Å²) < 4.78 is 83.7. The fraction of sp³-hybridized carbons (Fsp3) is 0.375. The predicted octanol–water partition coefficient (Wildman–Crippen LogP) is 8.76. The van der Waals surface area contributed by atoms with Gasteiger partial charge in [-0.05, 0) is 109 Å². The Hall–Kier alpha value is -6.07. The number of halogens is 4. The van der Waals surface area contributed by atoms with Crippen LogP contribution in [0.25, 0.3) is 11.0 Å². The Morgan fingerprint density at radius 1 is 0.692 bits per heavy atom. The molecule has 4 bridgehead atoms. The molecule has 0 spiro atoms. The summed E-state index contributed by atoms with van der Waals surface area (Å²) in [5.74, 6) is -2.86. The van der Waals surface area contributed by atoms with Crippen LogP contribution in [0.5, 0.6) is 0 Å². The Labute approximate surface area is 372 Å². The second-order valence-corrected chi connectivity index (χ2v) is 20.5. The van der Waals surface area contributed by atoms with Crippen LogP contribution in [0, 0.1) is 44.9 Å². The van der Waals surface area contributed by atoms with E-state index in [-0.39, 0.29) is 34.7 Å². The zero-order valence-electron chi connectivity index (χ0n) is 35.4. The highest BCUT2D eigenvalue weighted by atomic mass is 32.2. The van der Waals surface area contributed by atoms with E-state index >= 15 is 0 Å². The van der Waals surface area contributed by atoms with Gasteiger partial charge in [-0.25, -0.2) is 32.6 Å². The molecule has 4 aromatic carbocycles. The number of amides is 2. The predicted molar refractivity (Wildman–Crippen MR) is 234 cm³/mol. The molecular formula is C48H45F4N7O5S. The molecule has 2 atom stereocenters. The molecule has 6 aliphatic carbocycles. The molecule has 3 aliphatic heterocycles. The zero-order chi connectivity index (χ0) is 45.4. The number of nitrogens with zero attached hydrogens (tertiary/aromatic N) is 7. The van der Waals surface area contributed by atoms with Crippen molar-refractivity contribution < 1.29 is 39.8 Å². The van der Waals surface area contributed by atoms with Gasteiger partial charge in [0.1, 0.15) is 23.3 Å². The third-order valence-corrected chi connectivity index (χ3v) is 14.5. The van der Waals surface area contributed by atoms with Gasteiger partial charge in [-0.15, -0.1) is 0 Å². The lowest BCUT2D eigenvalue weighted by Gasteiger charge is -2.70. The summed E-state index contributed by atoms with van der Waals surface area (Å²) in [5, 5.41) is 11.1. The Kier molecular flexibility index (Phi) is 10.4. The number of fused-ring (bicyclic) bond motifs is 2. The number of hydrogen-bond donors (Lipinski definition) is 0. The summed E-state index contributed by atoms with van der Waals surface area (Å²) in [6, 6.07) is 21.9. The number of imidazole rings is 1. The first-order valence-corrected chi connectivity index (χ1v) is 23.4. The van der Waals surface area contributed by atoms with Crippen LogP contribution in [-0.4, -0.2) is 71.3 Å². The normalized spacial score (nSPS) is 28.3. The fourth-order valence-electron chi connectivity index (χ4n) is 11.3. The number of hydrogen-bond acceptors (Lipinski definition) is 9. The van der Waals surface area contributed by atoms with Crippen molar-refractivity contribution in [3.05, 3.63) is 131 Å². The van der Waals surface area contributed by atoms with Crippen molar-refractivity contribution in [3.8, 4) is 0 Å². The second-order valence-electron chi connectivity index (χ2n) is 18.9. The van der Waals surface area contributed by atoms with Gasteiger partial charge < -0.3 is 4.57 Å². The summed E-state index contributed by atoms with van der Waals surface area (Å²) in [5.41, 5.74) is 4.31. The SMILES string of the molecule is C1=Nc2ccccc2C1.CS(=O)(=O)OCC12CC(C(=O)N3N=CCC3c3cc(F)cc(F)c3)(C1)C2.O=C(N1N=CCC1c1cc(F)cc(F)c1)C12CC(Cn3cnc4ccccc43)(C1)C2. The summed E-state index contributed by atoms with van der Waals surface area (Å²) in [4.78, 5) is 34.9. The van der Waals surface area contributed by atoms with Gasteiger partial charge in [0.2, 0.25) is 11.8 Å². The van der Waals surface area contributed by atoms with Crippen LogP contribution in [-0.2, 0) is 36.9 Å². The van der Waals surface area contributed by atoms with Crippen molar-refractivity contribution in [1.29, 1.82) is 0 Å². The van der Waals surface area contributed by atoms with E-state index in [1.54, 1.807) is 12.4 Å². The van der Waals surface area contributed by atoms with Crippen LogP contribution in [0.3, 0.4) is 0 Å². The number of carbonyl (C=O) groups excluding carboxylic acids is 2. The molecule has 0 N–H and O–H groups in total. The molecule has 14 rings (SSSR count). The lowest BCUT2D eigenvalue weighted by molar-refractivity contribution is -0.226. The maximum Gasteiger partial charge on any atom is 0.264 e. The van der Waals surface area contributed by atoms with Gasteiger partial charge in [-0.3, -0.25) is 18.8 Å². The van der Waals surface area contributed by atoms with Crippen molar-refractivity contribution >= 4 is 57.3 Å². The second kappa shape index (κ2) is 15.8. The van der Waals surface area contributed by atoms with E-state index in [0.29, 0.717) is 43.2 Å². The lowest BCUT2D eigenvalue weighted by Crippen LogP contribution is -2.69. The van der Waals surface area contributed by atoms with Crippen molar-refractivity contribution in [3.63, 3.8) is 0 Å². The van der Waals surface area contributed by atoms with E-state index in [9.17, 15) is 35.6 Å². The summed E-state index contributed by atoms with van der Waals surface area (Å²) in [6.45, 7) is 0.938. The molecule has 4 heterocycles. The Morgan fingerprint density at radius 3 is 1.74 bits per heavy atom. The van der Waals surface area contributed by atoms with E-state index in [1.807, 2.05) is 48.9 Å². The lowest BCUT2D eigenvalue weighted by atomic mass is 9.34. The Morgan fingerprint density at radius 2 is 1.20 bits per heavy atom. The molecule has 9 aliphatic rings. The van der Waals surface area contributed by atoms with Crippen LogP contribution >= 0.6 is 0 Å². The highest BCUT2D eigenvalue weighted by molar-refractivity contribution is 7.86. The highest BCUT2D eigenvalue weighted by Crippen LogP contribution is 2.75. The monoisotopic (exact) mass is 907 g/mol. The van der Waals surface area contributed by atoms with Gasteiger partial charge in [0.25, 0.3) is 10.1 Å². The number of rotatable bonds is 9. The maximum absolute atomic E-state index is 13.7. The van der Waals surface area contributed by atoms with E-state index in [1.165, 1.54) is 39.8 Å². The molecule has 6 fully saturated rings. The van der Waals surface area contributed by atoms with Crippen LogP contribution in [0.1, 0.15) is 80.1 Å². The maximum atomic E-state index is 13.7. The summed E-state index contributed by atoms with van der Waals surface area (Å²) in [6.07, 6.45) is 14.0. The molecule has 2 unspecified atom stereocenters. The minimum atomic E-state index is -3.51.